The molecule has 15 heavy (non-hydrogen) atoms. The van der Waals surface area contributed by atoms with E-state index in [1.165, 1.54) is 6.42 Å². The van der Waals surface area contributed by atoms with E-state index in [0.29, 0.717) is 21.7 Å². The Labute approximate surface area is 95.8 Å². The fourth-order valence-corrected chi connectivity index (χ4v) is 5.79. The average molecular weight is 208 g/mol. The SMILES string of the molecule is CC1C(C)C2(C)CC(C)(C)C2(C)C1(C)C. The molecule has 0 amide bonds. The Morgan fingerprint density at radius 3 is 1.53 bits per heavy atom. The molecule has 0 nitrogen and oxygen atoms in total. The summed E-state index contributed by atoms with van der Waals surface area (Å²) in [6.45, 7) is 20.0. The molecule has 0 bridgehead atoms. The lowest BCUT2D eigenvalue weighted by Gasteiger charge is -2.70. The summed E-state index contributed by atoms with van der Waals surface area (Å²) in [7, 11) is 0. The average Bonchev–Trinajstić information content (AvgIpc) is 2.18. The minimum atomic E-state index is 0.475. The third-order valence-electron chi connectivity index (χ3n) is 7.49. The first-order valence-corrected chi connectivity index (χ1v) is 6.52. The molecule has 4 unspecified atom stereocenters. The lowest BCUT2D eigenvalue weighted by Crippen LogP contribution is -2.63. The van der Waals surface area contributed by atoms with Gasteiger partial charge in [0.05, 0.1) is 0 Å². The van der Waals surface area contributed by atoms with Crippen LogP contribution in [-0.2, 0) is 0 Å². The zero-order valence-corrected chi connectivity index (χ0v) is 11.9. The summed E-state index contributed by atoms with van der Waals surface area (Å²) in [5.74, 6) is 1.71. The van der Waals surface area contributed by atoms with Crippen LogP contribution < -0.4 is 0 Å². The van der Waals surface area contributed by atoms with Crippen LogP contribution in [0.4, 0.5) is 0 Å². The van der Waals surface area contributed by atoms with Gasteiger partial charge in [0.1, 0.15) is 0 Å². The second kappa shape index (κ2) is 2.46. The van der Waals surface area contributed by atoms with Gasteiger partial charge in [-0.05, 0) is 39.9 Å². The summed E-state index contributed by atoms with van der Waals surface area (Å²) in [4.78, 5) is 0. The first kappa shape index (κ1) is 11.5. The predicted molar refractivity (Wildman–Crippen MR) is 66.7 cm³/mol. The van der Waals surface area contributed by atoms with E-state index in [0.717, 1.165) is 11.8 Å². The van der Waals surface area contributed by atoms with Gasteiger partial charge in [-0.1, -0.05) is 55.4 Å². The molecule has 0 aromatic rings. The van der Waals surface area contributed by atoms with E-state index in [2.05, 4.69) is 55.4 Å². The van der Waals surface area contributed by atoms with E-state index in [4.69, 9.17) is 0 Å². The molecule has 0 saturated heterocycles. The summed E-state index contributed by atoms with van der Waals surface area (Å²) in [6.07, 6.45) is 1.41. The molecule has 0 aromatic heterocycles. The van der Waals surface area contributed by atoms with Crippen molar-refractivity contribution in [2.24, 2.45) is 33.5 Å². The van der Waals surface area contributed by atoms with Crippen molar-refractivity contribution in [3.8, 4) is 0 Å². The first-order chi connectivity index (χ1) is 6.52. The molecule has 0 heteroatoms. The van der Waals surface area contributed by atoms with Gasteiger partial charge in [-0.15, -0.1) is 0 Å². The first-order valence-electron chi connectivity index (χ1n) is 6.52. The Kier molecular flexibility index (Phi) is 1.88. The Bertz CT molecular complexity index is 282. The molecule has 88 valence electrons. The zero-order chi connectivity index (χ0) is 11.9. The minimum Gasteiger partial charge on any atom is -0.0617 e. The van der Waals surface area contributed by atoms with Gasteiger partial charge >= 0.3 is 0 Å². The molecule has 2 fully saturated rings. The lowest BCUT2D eigenvalue weighted by molar-refractivity contribution is -0.216. The fraction of sp³-hybridized carbons (Fsp3) is 1.00. The molecule has 0 radical (unpaired) electrons. The summed E-state index contributed by atoms with van der Waals surface area (Å²) in [5, 5.41) is 0. The monoisotopic (exact) mass is 208 g/mol. The van der Waals surface area contributed by atoms with Crippen LogP contribution in [0.1, 0.15) is 61.8 Å². The maximum absolute atomic E-state index is 2.55. The van der Waals surface area contributed by atoms with E-state index in [1.807, 2.05) is 0 Å². The molecule has 4 atom stereocenters. The van der Waals surface area contributed by atoms with Crippen molar-refractivity contribution in [2.75, 3.05) is 0 Å². The maximum Gasteiger partial charge on any atom is -0.0164 e. The third-order valence-corrected chi connectivity index (χ3v) is 7.49. The molecule has 2 saturated carbocycles. The van der Waals surface area contributed by atoms with Crippen molar-refractivity contribution in [3.63, 3.8) is 0 Å². The Morgan fingerprint density at radius 2 is 1.27 bits per heavy atom. The van der Waals surface area contributed by atoms with Crippen molar-refractivity contribution >= 4 is 0 Å². The van der Waals surface area contributed by atoms with Crippen LogP contribution in [0.15, 0.2) is 0 Å². The van der Waals surface area contributed by atoms with Gasteiger partial charge < -0.3 is 0 Å². The van der Waals surface area contributed by atoms with Crippen molar-refractivity contribution in [2.45, 2.75) is 61.8 Å². The normalized spacial score (nSPS) is 56.0. The molecule has 0 N–H and O–H groups in total. The van der Waals surface area contributed by atoms with Crippen LogP contribution >= 0.6 is 0 Å². The molecular weight excluding hydrogens is 180 g/mol. The minimum absolute atomic E-state index is 0.475. The van der Waals surface area contributed by atoms with Crippen molar-refractivity contribution < 1.29 is 0 Å². The molecule has 0 aliphatic heterocycles. The van der Waals surface area contributed by atoms with Gasteiger partial charge in [0.25, 0.3) is 0 Å². The van der Waals surface area contributed by atoms with Gasteiger partial charge in [0, 0.05) is 0 Å². The highest BCUT2D eigenvalue weighted by Gasteiger charge is 2.77. The molecule has 2 aliphatic carbocycles. The summed E-state index contributed by atoms with van der Waals surface area (Å²) in [6, 6.07) is 0. The van der Waals surface area contributed by atoms with Crippen LogP contribution in [-0.4, -0.2) is 0 Å². The fourth-order valence-electron chi connectivity index (χ4n) is 5.79. The maximum atomic E-state index is 2.55. The number of hydrogen-bond acceptors (Lipinski definition) is 0. The molecule has 0 spiro atoms. The van der Waals surface area contributed by atoms with Crippen molar-refractivity contribution in [1.29, 1.82) is 0 Å². The second-order valence-electron chi connectivity index (χ2n) is 7.90. The highest BCUT2D eigenvalue weighted by Crippen LogP contribution is 2.83. The molecule has 0 heterocycles. The Balaban J connectivity index is 2.57. The van der Waals surface area contributed by atoms with Crippen molar-refractivity contribution in [3.05, 3.63) is 0 Å². The van der Waals surface area contributed by atoms with Crippen LogP contribution in [0.5, 0.6) is 0 Å². The van der Waals surface area contributed by atoms with Crippen LogP contribution in [0.2, 0.25) is 0 Å². The van der Waals surface area contributed by atoms with Gasteiger partial charge in [-0.3, -0.25) is 0 Å². The quantitative estimate of drug-likeness (QED) is 0.539. The van der Waals surface area contributed by atoms with Crippen LogP contribution in [0.3, 0.4) is 0 Å². The predicted octanol–water partition coefficient (Wildman–Crippen LogP) is 4.74. The van der Waals surface area contributed by atoms with Gasteiger partial charge in [0.2, 0.25) is 0 Å². The number of fused-ring (bicyclic) bond motifs is 1. The van der Waals surface area contributed by atoms with E-state index >= 15 is 0 Å². The summed E-state index contributed by atoms with van der Waals surface area (Å²) in [5.41, 5.74) is 2.07. The van der Waals surface area contributed by atoms with E-state index < -0.39 is 0 Å². The standard InChI is InChI=1S/C15H28/c1-10-11(2)14(7)9-12(3,4)15(14,8)13(10,5)6/h10-11H,9H2,1-8H3. The Morgan fingerprint density at radius 1 is 0.800 bits per heavy atom. The second-order valence-corrected chi connectivity index (χ2v) is 7.90. The highest BCUT2D eigenvalue weighted by molar-refractivity contribution is 5.25. The van der Waals surface area contributed by atoms with Crippen LogP contribution in [0, 0.1) is 33.5 Å². The van der Waals surface area contributed by atoms with Gasteiger partial charge in [-0.2, -0.15) is 0 Å². The summed E-state index contributed by atoms with van der Waals surface area (Å²) < 4.78 is 0. The zero-order valence-electron chi connectivity index (χ0n) is 11.9. The largest absolute Gasteiger partial charge is 0.0617 e. The van der Waals surface area contributed by atoms with E-state index in [-0.39, 0.29) is 0 Å². The molecule has 0 aromatic carbocycles. The lowest BCUT2D eigenvalue weighted by atomic mass is 9.34. The number of rotatable bonds is 0. The smallest absolute Gasteiger partial charge is 0.0164 e. The number of hydrogen-bond donors (Lipinski definition) is 0. The molecule has 2 rings (SSSR count). The van der Waals surface area contributed by atoms with Crippen LogP contribution in [0.25, 0.3) is 0 Å². The molecule has 2 aliphatic rings. The third kappa shape index (κ3) is 0.840. The van der Waals surface area contributed by atoms with Gasteiger partial charge in [-0.25, -0.2) is 0 Å². The topological polar surface area (TPSA) is 0 Å². The highest BCUT2D eigenvalue weighted by atomic mass is 14.8. The van der Waals surface area contributed by atoms with E-state index in [9.17, 15) is 0 Å². The van der Waals surface area contributed by atoms with E-state index in [1.54, 1.807) is 0 Å². The Hall–Kier alpha value is 0. The van der Waals surface area contributed by atoms with Crippen molar-refractivity contribution in [1.82, 2.24) is 0 Å². The van der Waals surface area contributed by atoms with Gasteiger partial charge in [0.15, 0.2) is 0 Å². The molecular formula is C15H28. The summed E-state index contributed by atoms with van der Waals surface area (Å²) >= 11 is 0.